The molecular weight excluding hydrogens is 284 g/mol. The number of rotatable bonds is 15. The van der Waals surface area contributed by atoms with E-state index in [1.54, 1.807) is 6.08 Å². The van der Waals surface area contributed by atoms with Gasteiger partial charge in [0, 0.05) is 19.6 Å². The third-order valence-corrected chi connectivity index (χ3v) is 3.56. The normalized spacial score (nSPS) is 10.9. The molecule has 0 aromatic heterocycles. The van der Waals surface area contributed by atoms with Crippen LogP contribution in [0.2, 0.25) is 0 Å². The third kappa shape index (κ3) is 17.2. The summed E-state index contributed by atoms with van der Waals surface area (Å²) in [5.74, 6) is 5.72. The highest BCUT2D eigenvalue weighted by Crippen LogP contribution is 2.09. The Bertz CT molecular complexity index is 321. The second-order valence-corrected chi connectivity index (χ2v) is 5.76. The maximum Gasteiger partial charge on any atom is 0.157 e. The first-order chi connectivity index (χ1) is 11.3. The first kappa shape index (κ1) is 22.0. The van der Waals surface area contributed by atoms with Crippen molar-refractivity contribution in [1.82, 2.24) is 0 Å². The summed E-state index contributed by atoms with van der Waals surface area (Å²) in [5.41, 5.74) is 0. The summed E-state index contributed by atoms with van der Waals surface area (Å²) in [6.07, 6.45) is 17.2. The van der Waals surface area contributed by atoms with Crippen LogP contribution >= 0.6 is 0 Å². The van der Waals surface area contributed by atoms with Crippen LogP contribution in [0.4, 0.5) is 0 Å². The van der Waals surface area contributed by atoms with E-state index in [1.807, 2.05) is 6.08 Å². The summed E-state index contributed by atoms with van der Waals surface area (Å²) >= 11 is 0. The molecule has 0 saturated heterocycles. The molecule has 0 aliphatic carbocycles. The Morgan fingerprint density at radius 1 is 0.870 bits per heavy atom. The number of ether oxygens (including phenoxy) is 2. The van der Waals surface area contributed by atoms with Gasteiger partial charge in [-0.25, -0.2) is 0 Å². The lowest BCUT2D eigenvalue weighted by molar-refractivity contribution is -0.146. The van der Waals surface area contributed by atoms with Gasteiger partial charge in [0.1, 0.15) is 0 Å². The van der Waals surface area contributed by atoms with E-state index in [1.165, 1.54) is 38.5 Å². The molecule has 0 aromatic rings. The standard InChI is InChI=1S/C21H36O2/c1-4-7-10-13-14-15-18-21(22-19-16-11-8-5-2)23-20-17-12-9-6-3/h4,13-14,21H,1,5-6,8-9,11-12,15-20H2,2-3H3/b14-13-. The van der Waals surface area contributed by atoms with Gasteiger partial charge in [-0.2, -0.15) is 0 Å². The van der Waals surface area contributed by atoms with E-state index in [0.717, 1.165) is 38.9 Å². The second kappa shape index (κ2) is 19.0. The van der Waals surface area contributed by atoms with Crippen LogP contribution in [0, 0.1) is 11.8 Å². The van der Waals surface area contributed by atoms with Crippen molar-refractivity contribution in [2.24, 2.45) is 0 Å². The first-order valence-corrected chi connectivity index (χ1v) is 9.35. The van der Waals surface area contributed by atoms with Gasteiger partial charge in [0.25, 0.3) is 0 Å². The average molecular weight is 321 g/mol. The molecule has 0 fully saturated rings. The van der Waals surface area contributed by atoms with Gasteiger partial charge in [-0.1, -0.05) is 76.9 Å². The number of hydrogen-bond donors (Lipinski definition) is 0. The molecule has 0 saturated carbocycles. The highest BCUT2D eigenvalue weighted by atomic mass is 16.7. The van der Waals surface area contributed by atoms with Crippen LogP contribution in [0.25, 0.3) is 0 Å². The summed E-state index contributed by atoms with van der Waals surface area (Å²) < 4.78 is 11.8. The van der Waals surface area contributed by atoms with Crippen LogP contribution < -0.4 is 0 Å². The topological polar surface area (TPSA) is 18.5 Å². The van der Waals surface area contributed by atoms with Crippen LogP contribution in [0.1, 0.15) is 78.1 Å². The van der Waals surface area contributed by atoms with E-state index in [2.05, 4.69) is 38.3 Å². The molecule has 0 aliphatic heterocycles. The number of allylic oxidation sites excluding steroid dienone is 3. The smallest absolute Gasteiger partial charge is 0.157 e. The lowest BCUT2D eigenvalue weighted by atomic mass is 10.2. The Balaban J connectivity index is 3.94. The summed E-state index contributed by atoms with van der Waals surface area (Å²) in [6, 6.07) is 0. The molecule has 0 amide bonds. The molecule has 0 unspecified atom stereocenters. The predicted octanol–water partition coefficient (Wildman–Crippen LogP) is 6.03. The minimum absolute atomic E-state index is 0.0738. The minimum atomic E-state index is -0.0738. The molecule has 0 bridgehead atoms. The van der Waals surface area contributed by atoms with Crippen LogP contribution in [-0.4, -0.2) is 19.5 Å². The van der Waals surface area contributed by atoms with E-state index in [4.69, 9.17) is 9.47 Å². The monoisotopic (exact) mass is 320 g/mol. The summed E-state index contributed by atoms with van der Waals surface area (Å²) in [4.78, 5) is 0. The molecular formula is C21H36O2. The Labute approximate surface area is 144 Å². The Hall–Kier alpha value is -1.04. The quantitative estimate of drug-likeness (QED) is 0.208. The van der Waals surface area contributed by atoms with Crippen molar-refractivity contribution < 1.29 is 9.47 Å². The van der Waals surface area contributed by atoms with Gasteiger partial charge in [-0.15, -0.1) is 0 Å². The fraction of sp³-hybridized carbons (Fsp3) is 0.714. The van der Waals surface area contributed by atoms with Gasteiger partial charge in [0.15, 0.2) is 6.29 Å². The van der Waals surface area contributed by atoms with Gasteiger partial charge in [0.05, 0.1) is 0 Å². The summed E-state index contributed by atoms with van der Waals surface area (Å²) in [5, 5.41) is 0. The molecule has 0 spiro atoms. The molecule has 2 heteroatoms. The van der Waals surface area contributed by atoms with Crippen molar-refractivity contribution in [3.05, 3.63) is 24.8 Å². The Morgan fingerprint density at radius 2 is 1.48 bits per heavy atom. The van der Waals surface area contributed by atoms with Gasteiger partial charge in [0.2, 0.25) is 0 Å². The molecule has 132 valence electrons. The van der Waals surface area contributed by atoms with Crippen molar-refractivity contribution in [3.8, 4) is 11.8 Å². The summed E-state index contributed by atoms with van der Waals surface area (Å²) in [6.45, 7) is 9.63. The summed E-state index contributed by atoms with van der Waals surface area (Å²) in [7, 11) is 0. The highest BCUT2D eigenvalue weighted by molar-refractivity contribution is 5.21. The van der Waals surface area contributed by atoms with Crippen LogP contribution in [0.5, 0.6) is 0 Å². The Kier molecular flexibility index (Phi) is 18.1. The van der Waals surface area contributed by atoms with Crippen LogP contribution in [-0.2, 0) is 9.47 Å². The van der Waals surface area contributed by atoms with E-state index >= 15 is 0 Å². The lowest BCUT2D eigenvalue weighted by Crippen LogP contribution is -2.18. The average Bonchev–Trinajstić information content (AvgIpc) is 2.56. The van der Waals surface area contributed by atoms with Crippen molar-refractivity contribution in [3.63, 3.8) is 0 Å². The molecule has 0 heterocycles. The largest absolute Gasteiger partial charge is 0.353 e. The van der Waals surface area contributed by atoms with E-state index in [-0.39, 0.29) is 6.29 Å². The Morgan fingerprint density at radius 3 is 2.00 bits per heavy atom. The predicted molar refractivity (Wildman–Crippen MR) is 100 cm³/mol. The number of hydrogen-bond acceptors (Lipinski definition) is 2. The van der Waals surface area contributed by atoms with Crippen molar-refractivity contribution in [2.45, 2.75) is 84.3 Å². The first-order valence-electron chi connectivity index (χ1n) is 9.35. The maximum atomic E-state index is 5.91. The number of unbranched alkanes of at least 4 members (excludes halogenated alkanes) is 6. The lowest BCUT2D eigenvalue weighted by Gasteiger charge is -2.18. The SMILES string of the molecule is C=CC#C/C=C\CCC(OCCCCCC)OCCCCCC. The zero-order valence-electron chi connectivity index (χ0n) is 15.3. The second-order valence-electron chi connectivity index (χ2n) is 5.76. The van der Waals surface area contributed by atoms with Crippen molar-refractivity contribution in [2.75, 3.05) is 13.2 Å². The van der Waals surface area contributed by atoms with Gasteiger partial charge in [-0.05, 0) is 31.4 Å². The molecule has 23 heavy (non-hydrogen) atoms. The molecule has 0 N–H and O–H groups in total. The van der Waals surface area contributed by atoms with Crippen molar-refractivity contribution in [1.29, 1.82) is 0 Å². The molecule has 0 radical (unpaired) electrons. The van der Waals surface area contributed by atoms with E-state index in [9.17, 15) is 0 Å². The van der Waals surface area contributed by atoms with E-state index < -0.39 is 0 Å². The molecule has 0 rings (SSSR count). The van der Waals surface area contributed by atoms with E-state index in [0.29, 0.717) is 0 Å². The van der Waals surface area contributed by atoms with Gasteiger partial charge < -0.3 is 9.47 Å². The van der Waals surface area contributed by atoms with Crippen LogP contribution in [0.15, 0.2) is 24.8 Å². The zero-order chi connectivity index (χ0) is 17.0. The fourth-order valence-electron chi connectivity index (χ4n) is 2.18. The molecule has 0 aliphatic rings. The van der Waals surface area contributed by atoms with Crippen LogP contribution in [0.3, 0.4) is 0 Å². The molecule has 0 aromatic carbocycles. The minimum Gasteiger partial charge on any atom is -0.353 e. The van der Waals surface area contributed by atoms with Gasteiger partial charge in [-0.3, -0.25) is 0 Å². The maximum absolute atomic E-state index is 5.91. The fourth-order valence-corrected chi connectivity index (χ4v) is 2.18. The third-order valence-electron chi connectivity index (χ3n) is 3.56. The zero-order valence-corrected chi connectivity index (χ0v) is 15.3. The highest BCUT2D eigenvalue weighted by Gasteiger charge is 2.08. The molecule has 0 atom stereocenters. The molecule has 2 nitrogen and oxygen atoms in total. The van der Waals surface area contributed by atoms with Crippen molar-refractivity contribution >= 4 is 0 Å². The van der Waals surface area contributed by atoms with Gasteiger partial charge >= 0.3 is 0 Å².